The number of nitrogens with zero attached hydrogens (tertiary/aromatic N) is 2. The Kier molecular flexibility index (Phi) is 5.84. The van der Waals surface area contributed by atoms with Crippen LogP contribution in [0.25, 0.3) is 10.9 Å². The smallest absolute Gasteiger partial charge is 0.326 e. The molecule has 31 heavy (non-hydrogen) atoms. The van der Waals surface area contributed by atoms with Gasteiger partial charge in [0.15, 0.2) is 18.1 Å². The first-order valence-corrected chi connectivity index (χ1v) is 10.2. The van der Waals surface area contributed by atoms with Crippen molar-refractivity contribution in [1.29, 1.82) is 0 Å². The summed E-state index contributed by atoms with van der Waals surface area (Å²) in [4.78, 5) is 26.8. The van der Waals surface area contributed by atoms with Gasteiger partial charge in [-0.2, -0.15) is 0 Å². The largest absolute Gasteiger partial charge is 0.493 e. The number of fused-ring (bicyclic) bond motifs is 2. The van der Waals surface area contributed by atoms with Gasteiger partial charge in [-0.25, -0.2) is 0 Å². The Labute approximate surface area is 181 Å². The van der Waals surface area contributed by atoms with Crippen LogP contribution in [-0.2, 0) is 33.8 Å². The van der Waals surface area contributed by atoms with Crippen LogP contribution in [0.5, 0.6) is 11.5 Å². The Morgan fingerprint density at radius 3 is 2.45 bits per heavy atom. The van der Waals surface area contributed by atoms with E-state index in [0.717, 1.165) is 27.7 Å². The van der Waals surface area contributed by atoms with E-state index < -0.39 is 5.97 Å². The summed E-state index contributed by atoms with van der Waals surface area (Å²) >= 11 is 0. The number of aromatic nitrogens is 1. The van der Waals surface area contributed by atoms with Crippen LogP contribution in [0.4, 0.5) is 0 Å². The SMILES string of the molecule is COc1cc2c(cc1OC)CN(C(=O)COC(=O)Cn1c(C)cc3ccccc31)CC2. The molecule has 2 heterocycles. The first-order valence-electron chi connectivity index (χ1n) is 10.2. The molecular weight excluding hydrogens is 396 g/mol. The maximum absolute atomic E-state index is 12.7. The Morgan fingerprint density at radius 2 is 1.71 bits per heavy atom. The third-order valence-corrected chi connectivity index (χ3v) is 5.73. The second-order valence-corrected chi connectivity index (χ2v) is 7.63. The van der Waals surface area contributed by atoms with Crippen LogP contribution in [-0.4, -0.2) is 48.7 Å². The maximum atomic E-state index is 12.7. The highest BCUT2D eigenvalue weighted by Gasteiger charge is 2.24. The first-order chi connectivity index (χ1) is 15.0. The summed E-state index contributed by atoms with van der Waals surface area (Å²) in [6.45, 7) is 2.78. The third-order valence-electron chi connectivity index (χ3n) is 5.73. The fourth-order valence-electron chi connectivity index (χ4n) is 4.06. The van der Waals surface area contributed by atoms with Crippen molar-refractivity contribution in [2.45, 2.75) is 26.4 Å². The van der Waals surface area contributed by atoms with Gasteiger partial charge in [0.05, 0.1) is 14.2 Å². The number of aryl methyl sites for hydroxylation is 1. The molecule has 0 saturated carbocycles. The summed E-state index contributed by atoms with van der Waals surface area (Å²) < 4.78 is 17.9. The van der Waals surface area contributed by atoms with Crippen molar-refractivity contribution in [3.05, 3.63) is 59.3 Å². The molecule has 3 aromatic rings. The molecule has 0 atom stereocenters. The molecule has 0 spiro atoms. The van der Waals surface area contributed by atoms with Crippen LogP contribution in [0.2, 0.25) is 0 Å². The Bertz CT molecular complexity index is 1130. The quantitative estimate of drug-likeness (QED) is 0.571. The Balaban J connectivity index is 1.37. The minimum Gasteiger partial charge on any atom is -0.493 e. The van der Waals surface area contributed by atoms with Crippen molar-refractivity contribution < 1.29 is 23.8 Å². The van der Waals surface area contributed by atoms with Crippen LogP contribution >= 0.6 is 0 Å². The normalized spacial score (nSPS) is 13.1. The predicted molar refractivity (Wildman–Crippen MR) is 116 cm³/mol. The highest BCUT2D eigenvalue weighted by molar-refractivity contribution is 5.84. The lowest BCUT2D eigenvalue weighted by Gasteiger charge is -2.29. The van der Waals surface area contributed by atoms with Gasteiger partial charge in [0.25, 0.3) is 5.91 Å². The molecule has 2 aromatic carbocycles. The fraction of sp³-hybridized carbons (Fsp3) is 0.333. The molecule has 0 unspecified atom stereocenters. The summed E-state index contributed by atoms with van der Waals surface area (Å²) in [5, 5.41) is 1.07. The van der Waals surface area contributed by atoms with E-state index in [-0.39, 0.29) is 19.1 Å². The second kappa shape index (κ2) is 8.71. The molecule has 1 aliphatic heterocycles. The molecule has 0 fully saturated rings. The van der Waals surface area contributed by atoms with Gasteiger partial charge in [-0.3, -0.25) is 9.59 Å². The number of rotatable bonds is 6. The molecule has 4 rings (SSSR count). The zero-order chi connectivity index (χ0) is 22.0. The molecule has 0 radical (unpaired) electrons. The topological polar surface area (TPSA) is 70.0 Å². The van der Waals surface area contributed by atoms with E-state index in [2.05, 4.69) is 0 Å². The lowest BCUT2D eigenvalue weighted by Crippen LogP contribution is -2.38. The Hall–Kier alpha value is -3.48. The van der Waals surface area contributed by atoms with Gasteiger partial charge in [-0.05, 0) is 54.1 Å². The first kappa shape index (κ1) is 20.8. The number of para-hydroxylation sites is 1. The van der Waals surface area contributed by atoms with E-state index in [9.17, 15) is 9.59 Å². The molecule has 0 bridgehead atoms. The van der Waals surface area contributed by atoms with E-state index in [1.165, 1.54) is 0 Å². The molecular formula is C24H26N2O5. The van der Waals surface area contributed by atoms with Crippen LogP contribution in [0.3, 0.4) is 0 Å². The third kappa shape index (κ3) is 4.21. The average Bonchev–Trinajstić information content (AvgIpc) is 3.10. The minimum absolute atomic E-state index is 0.0758. The molecule has 0 N–H and O–H groups in total. The molecule has 1 aliphatic rings. The minimum atomic E-state index is -0.429. The van der Waals surface area contributed by atoms with Crippen LogP contribution in [0, 0.1) is 6.92 Å². The van der Waals surface area contributed by atoms with E-state index in [0.29, 0.717) is 31.0 Å². The monoisotopic (exact) mass is 422 g/mol. The van der Waals surface area contributed by atoms with Crippen molar-refractivity contribution in [3.63, 3.8) is 0 Å². The molecule has 0 saturated heterocycles. The van der Waals surface area contributed by atoms with Crippen molar-refractivity contribution >= 4 is 22.8 Å². The highest BCUT2D eigenvalue weighted by atomic mass is 16.5. The van der Waals surface area contributed by atoms with Gasteiger partial charge < -0.3 is 23.7 Å². The molecule has 1 amide bonds. The number of hydrogen-bond acceptors (Lipinski definition) is 5. The molecule has 162 valence electrons. The van der Waals surface area contributed by atoms with E-state index in [1.807, 2.05) is 54.0 Å². The number of amides is 1. The summed E-state index contributed by atoms with van der Waals surface area (Å²) in [6.07, 6.45) is 0.712. The van der Waals surface area contributed by atoms with Crippen molar-refractivity contribution in [2.75, 3.05) is 27.4 Å². The molecule has 7 heteroatoms. The number of esters is 1. The van der Waals surface area contributed by atoms with Gasteiger partial charge in [0, 0.05) is 24.3 Å². The van der Waals surface area contributed by atoms with Gasteiger partial charge >= 0.3 is 5.97 Å². The van der Waals surface area contributed by atoms with Gasteiger partial charge in [0.2, 0.25) is 0 Å². The Morgan fingerprint density at radius 1 is 1.00 bits per heavy atom. The molecule has 7 nitrogen and oxygen atoms in total. The van der Waals surface area contributed by atoms with E-state index in [4.69, 9.17) is 14.2 Å². The van der Waals surface area contributed by atoms with Crippen LogP contribution < -0.4 is 9.47 Å². The predicted octanol–water partition coefficient (Wildman–Crippen LogP) is 3.10. The summed E-state index contributed by atoms with van der Waals surface area (Å²) in [5.41, 5.74) is 4.09. The number of benzene rings is 2. The maximum Gasteiger partial charge on any atom is 0.326 e. The number of carbonyl (C=O) groups excluding carboxylic acids is 2. The fourth-order valence-corrected chi connectivity index (χ4v) is 4.06. The number of ether oxygens (including phenoxy) is 3. The zero-order valence-corrected chi connectivity index (χ0v) is 18.0. The van der Waals surface area contributed by atoms with Crippen molar-refractivity contribution in [2.24, 2.45) is 0 Å². The molecule has 1 aromatic heterocycles. The summed E-state index contributed by atoms with van der Waals surface area (Å²) in [5.74, 6) is 0.684. The standard InChI is InChI=1S/C24H26N2O5/c1-16-10-18-6-4-5-7-20(18)26(16)14-24(28)31-15-23(27)25-9-8-17-11-21(29-2)22(30-3)12-19(17)13-25/h4-7,10-12H,8-9,13-15H2,1-3H3. The van der Waals surface area contributed by atoms with Crippen molar-refractivity contribution in [1.82, 2.24) is 9.47 Å². The lowest BCUT2D eigenvalue weighted by molar-refractivity contribution is -0.152. The van der Waals surface area contributed by atoms with Gasteiger partial charge in [-0.1, -0.05) is 18.2 Å². The van der Waals surface area contributed by atoms with E-state index in [1.54, 1.807) is 19.1 Å². The zero-order valence-electron chi connectivity index (χ0n) is 18.0. The highest BCUT2D eigenvalue weighted by Crippen LogP contribution is 2.33. The number of hydrogen-bond donors (Lipinski definition) is 0. The van der Waals surface area contributed by atoms with Crippen LogP contribution in [0.15, 0.2) is 42.5 Å². The van der Waals surface area contributed by atoms with Crippen molar-refractivity contribution in [3.8, 4) is 11.5 Å². The summed E-state index contributed by atoms with van der Waals surface area (Å²) in [6, 6.07) is 13.8. The second-order valence-electron chi connectivity index (χ2n) is 7.63. The number of methoxy groups -OCH3 is 2. The van der Waals surface area contributed by atoms with Crippen LogP contribution in [0.1, 0.15) is 16.8 Å². The van der Waals surface area contributed by atoms with Gasteiger partial charge in [0.1, 0.15) is 6.54 Å². The average molecular weight is 422 g/mol. The molecule has 0 aliphatic carbocycles. The van der Waals surface area contributed by atoms with E-state index >= 15 is 0 Å². The number of carbonyl (C=O) groups is 2. The summed E-state index contributed by atoms with van der Waals surface area (Å²) in [7, 11) is 3.19. The van der Waals surface area contributed by atoms with Gasteiger partial charge in [-0.15, -0.1) is 0 Å². The lowest BCUT2D eigenvalue weighted by atomic mass is 9.99.